The summed E-state index contributed by atoms with van der Waals surface area (Å²) in [5.74, 6) is 0.980. The molecule has 0 spiro atoms. The third kappa shape index (κ3) is 9.26. The Bertz CT molecular complexity index is 1170. The molecule has 0 saturated heterocycles. The number of thioether (sulfide) groups is 1. The SMILES string of the molecule is CC(=O)N(Oc1ccc(Cl)cc1)[C@@H](CC(C)C)C(=O)N[C@@H](Cc1ccccc1)C(=O)CSCc1ccco1. The van der Waals surface area contributed by atoms with Gasteiger partial charge in [0.1, 0.15) is 11.8 Å². The van der Waals surface area contributed by atoms with Gasteiger partial charge >= 0.3 is 0 Å². The number of hydroxylamine groups is 2. The van der Waals surface area contributed by atoms with Gasteiger partial charge < -0.3 is 14.6 Å². The molecule has 9 heteroatoms. The van der Waals surface area contributed by atoms with Crippen LogP contribution in [-0.2, 0) is 26.6 Å². The van der Waals surface area contributed by atoms with Crippen LogP contribution in [0.25, 0.3) is 0 Å². The first kappa shape index (κ1) is 29.3. The number of ketones is 1. The Morgan fingerprint density at radius 3 is 2.34 bits per heavy atom. The third-order valence-corrected chi connectivity index (χ3v) is 6.89. The fraction of sp³-hybridized carbons (Fsp3) is 0.345. The Morgan fingerprint density at radius 1 is 1.03 bits per heavy atom. The molecule has 3 rings (SSSR count). The highest BCUT2D eigenvalue weighted by atomic mass is 35.5. The molecule has 0 aliphatic heterocycles. The number of carbonyl (C=O) groups is 3. The van der Waals surface area contributed by atoms with Crippen molar-refractivity contribution in [1.29, 1.82) is 0 Å². The minimum atomic E-state index is -0.940. The molecule has 0 bridgehead atoms. The topological polar surface area (TPSA) is 88.9 Å². The number of hydrogen-bond acceptors (Lipinski definition) is 6. The first-order valence-electron chi connectivity index (χ1n) is 12.4. The average molecular weight is 557 g/mol. The number of nitrogens with zero attached hydrogens (tertiary/aromatic N) is 1. The van der Waals surface area contributed by atoms with Gasteiger partial charge in [-0.05, 0) is 60.7 Å². The molecule has 0 radical (unpaired) electrons. The van der Waals surface area contributed by atoms with Gasteiger partial charge in [-0.2, -0.15) is 5.06 Å². The second-order valence-electron chi connectivity index (χ2n) is 9.32. The molecule has 0 fully saturated rings. The Balaban J connectivity index is 1.78. The highest BCUT2D eigenvalue weighted by Crippen LogP contribution is 2.21. The largest absolute Gasteiger partial charge is 0.468 e. The zero-order valence-electron chi connectivity index (χ0n) is 21.8. The van der Waals surface area contributed by atoms with E-state index in [0.29, 0.717) is 29.4 Å². The number of rotatable bonds is 14. The van der Waals surface area contributed by atoms with Gasteiger partial charge in [0, 0.05) is 11.9 Å². The van der Waals surface area contributed by atoms with Crippen molar-refractivity contribution in [2.24, 2.45) is 5.92 Å². The number of hydrogen-bond donors (Lipinski definition) is 1. The molecule has 0 saturated carbocycles. The maximum Gasteiger partial charge on any atom is 0.252 e. The number of nitrogens with one attached hydrogen (secondary N) is 1. The van der Waals surface area contributed by atoms with Crippen LogP contribution in [0, 0.1) is 5.92 Å². The van der Waals surface area contributed by atoms with E-state index in [4.69, 9.17) is 20.9 Å². The summed E-state index contributed by atoms with van der Waals surface area (Å²) in [6.45, 7) is 5.26. The lowest BCUT2D eigenvalue weighted by atomic mass is 10.00. The smallest absolute Gasteiger partial charge is 0.252 e. The van der Waals surface area contributed by atoms with Gasteiger partial charge in [0.25, 0.3) is 5.91 Å². The van der Waals surface area contributed by atoms with Crippen LogP contribution < -0.4 is 10.2 Å². The molecule has 38 heavy (non-hydrogen) atoms. The van der Waals surface area contributed by atoms with Gasteiger partial charge in [-0.1, -0.05) is 55.8 Å². The van der Waals surface area contributed by atoms with E-state index < -0.39 is 23.9 Å². The van der Waals surface area contributed by atoms with Crippen molar-refractivity contribution >= 4 is 41.0 Å². The Kier molecular flexibility index (Phi) is 11.3. The molecule has 2 aromatic carbocycles. The molecule has 202 valence electrons. The van der Waals surface area contributed by atoms with E-state index in [1.54, 1.807) is 36.6 Å². The number of benzene rings is 2. The van der Waals surface area contributed by atoms with Crippen LogP contribution >= 0.6 is 23.4 Å². The van der Waals surface area contributed by atoms with E-state index in [2.05, 4.69) is 5.32 Å². The van der Waals surface area contributed by atoms with Crippen LogP contribution in [0.2, 0.25) is 5.02 Å². The van der Waals surface area contributed by atoms with Crippen molar-refractivity contribution < 1.29 is 23.6 Å². The molecule has 0 aliphatic carbocycles. The van der Waals surface area contributed by atoms with Crippen LogP contribution in [-0.4, -0.2) is 40.5 Å². The second-order valence-corrected chi connectivity index (χ2v) is 10.7. The molecule has 0 aliphatic rings. The summed E-state index contributed by atoms with van der Waals surface area (Å²) < 4.78 is 5.35. The molecule has 0 unspecified atom stereocenters. The Hall–Kier alpha value is -3.23. The van der Waals surface area contributed by atoms with Gasteiger partial charge in [-0.3, -0.25) is 14.4 Å². The second kappa shape index (κ2) is 14.6. The van der Waals surface area contributed by atoms with Crippen molar-refractivity contribution in [2.75, 3.05) is 5.75 Å². The van der Waals surface area contributed by atoms with E-state index in [-0.39, 0.29) is 17.5 Å². The number of furan rings is 1. The average Bonchev–Trinajstić information content (AvgIpc) is 3.40. The Labute approximate surface area is 232 Å². The lowest BCUT2D eigenvalue weighted by Gasteiger charge is -2.31. The van der Waals surface area contributed by atoms with E-state index in [9.17, 15) is 14.4 Å². The quantitative estimate of drug-likeness (QED) is 0.255. The zero-order chi connectivity index (χ0) is 27.5. The summed E-state index contributed by atoms with van der Waals surface area (Å²) in [5.41, 5.74) is 0.920. The minimum absolute atomic E-state index is 0.0774. The maximum atomic E-state index is 13.7. The first-order valence-corrected chi connectivity index (χ1v) is 14.0. The van der Waals surface area contributed by atoms with Crippen molar-refractivity contribution in [3.05, 3.63) is 89.3 Å². The number of carbonyl (C=O) groups excluding carboxylic acids is 3. The van der Waals surface area contributed by atoms with Crippen molar-refractivity contribution in [2.45, 2.75) is 51.4 Å². The third-order valence-electron chi connectivity index (χ3n) is 5.66. The van der Waals surface area contributed by atoms with Crippen molar-refractivity contribution in [3.8, 4) is 5.75 Å². The van der Waals surface area contributed by atoms with Crippen LogP contribution in [0.3, 0.4) is 0 Å². The lowest BCUT2D eigenvalue weighted by Crippen LogP contribution is -2.55. The van der Waals surface area contributed by atoms with Gasteiger partial charge in [0.2, 0.25) is 5.91 Å². The molecule has 2 atom stereocenters. The van der Waals surface area contributed by atoms with Crippen LogP contribution in [0.5, 0.6) is 5.75 Å². The molecule has 1 heterocycles. The van der Waals surface area contributed by atoms with E-state index >= 15 is 0 Å². The predicted octanol–water partition coefficient (Wildman–Crippen LogP) is 5.72. The molecular formula is C29H33ClN2O5S. The highest BCUT2D eigenvalue weighted by molar-refractivity contribution is 7.99. The molecule has 1 N–H and O–H groups in total. The van der Waals surface area contributed by atoms with E-state index in [0.717, 1.165) is 16.4 Å². The van der Waals surface area contributed by atoms with E-state index in [1.165, 1.54) is 18.7 Å². The summed E-state index contributed by atoms with van der Waals surface area (Å²) in [4.78, 5) is 45.4. The molecule has 7 nitrogen and oxygen atoms in total. The summed E-state index contributed by atoms with van der Waals surface area (Å²) in [6.07, 6.45) is 2.27. The van der Waals surface area contributed by atoms with Crippen molar-refractivity contribution in [3.63, 3.8) is 0 Å². The number of halogens is 1. The van der Waals surface area contributed by atoms with Crippen LogP contribution in [0.1, 0.15) is 38.5 Å². The summed E-state index contributed by atoms with van der Waals surface area (Å²) in [6, 6.07) is 18.0. The fourth-order valence-electron chi connectivity index (χ4n) is 3.82. The Morgan fingerprint density at radius 2 is 1.74 bits per heavy atom. The summed E-state index contributed by atoms with van der Waals surface area (Å²) in [5, 5.41) is 4.53. The summed E-state index contributed by atoms with van der Waals surface area (Å²) >= 11 is 7.40. The highest BCUT2D eigenvalue weighted by Gasteiger charge is 2.33. The van der Waals surface area contributed by atoms with Crippen LogP contribution in [0.4, 0.5) is 0 Å². The standard InChI is InChI=1S/C29H33ClN2O5S/c1-20(2)16-27(32(21(3)33)37-24-13-11-23(30)12-14-24)29(35)31-26(17-22-8-5-4-6-9-22)28(34)19-38-18-25-10-7-15-36-25/h4-15,20,26-27H,16-19H2,1-3H3,(H,31,35)/t26-,27-/m0/s1. The van der Waals surface area contributed by atoms with Gasteiger partial charge in [0.15, 0.2) is 11.5 Å². The van der Waals surface area contributed by atoms with Gasteiger partial charge in [-0.15, -0.1) is 11.8 Å². The summed E-state index contributed by atoms with van der Waals surface area (Å²) in [7, 11) is 0. The van der Waals surface area contributed by atoms with Crippen molar-refractivity contribution in [1.82, 2.24) is 10.4 Å². The van der Waals surface area contributed by atoms with Gasteiger partial charge in [-0.25, -0.2) is 0 Å². The molecule has 2 amide bonds. The molecule has 3 aromatic rings. The zero-order valence-corrected chi connectivity index (χ0v) is 23.3. The minimum Gasteiger partial charge on any atom is -0.468 e. The predicted molar refractivity (Wildman–Crippen MR) is 150 cm³/mol. The fourth-order valence-corrected chi connectivity index (χ4v) is 4.82. The first-order chi connectivity index (χ1) is 18.2. The lowest BCUT2D eigenvalue weighted by molar-refractivity contribution is -0.170. The number of Topliss-reactive ketones (excluding diaryl/α,β-unsaturated/α-hetero) is 1. The van der Waals surface area contributed by atoms with Gasteiger partial charge in [0.05, 0.1) is 23.8 Å². The number of amides is 2. The monoisotopic (exact) mass is 556 g/mol. The maximum absolute atomic E-state index is 13.7. The van der Waals surface area contributed by atoms with E-state index in [1.807, 2.05) is 50.2 Å². The molecule has 1 aromatic heterocycles. The normalized spacial score (nSPS) is 12.6. The van der Waals surface area contributed by atoms with Crippen LogP contribution in [0.15, 0.2) is 77.4 Å². The molecular weight excluding hydrogens is 524 g/mol.